The standard InChI is InChI=1S/C14H18ClN3/c1-4-18-13(7-11(3)17-18)9-16-14-8-12(15)6-5-10(14)2/h5-8,16H,4,9H2,1-3H3. The fourth-order valence-corrected chi connectivity index (χ4v) is 2.16. The Morgan fingerprint density at radius 3 is 2.78 bits per heavy atom. The Morgan fingerprint density at radius 2 is 2.06 bits per heavy atom. The van der Waals surface area contributed by atoms with Gasteiger partial charge in [0, 0.05) is 17.3 Å². The van der Waals surface area contributed by atoms with Gasteiger partial charge in [-0.1, -0.05) is 17.7 Å². The Morgan fingerprint density at radius 1 is 1.28 bits per heavy atom. The van der Waals surface area contributed by atoms with Gasteiger partial charge >= 0.3 is 0 Å². The van der Waals surface area contributed by atoms with Crippen LogP contribution in [0.2, 0.25) is 5.02 Å². The van der Waals surface area contributed by atoms with Crippen LogP contribution >= 0.6 is 11.6 Å². The third-order valence-electron chi connectivity index (χ3n) is 2.94. The zero-order chi connectivity index (χ0) is 13.1. The fourth-order valence-electron chi connectivity index (χ4n) is 1.99. The predicted molar refractivity (Wildman–Crippen MR) is 76.2 cm³/mol. The minimum Gasteiger partial charge on any atom is -0.379 e. The van der Waals surface area contributed by atoms with Gasteiger partial charge in [-0.15, -0.1) is 0 Å². The molecule has 3 nitrogen and oxygen atoms in total. The molecule has 0 aliphatic heterocycles. The van der Waals surface area contributed by atoms with Crippen LogP contribution in [0.5, 0.6) is 0 Å². The number of hydrogen-bond donors (Lipinski definition) is 1. The normalized spacial score (nSPS) is 10.7. The Kier molecular flexibility index (Phi) is 3.92. The van der Waals surface area contributed by atoms with E-state index in [1.54, 1.807) is 0 Å². The highest BCUT2D eigenvalue weighted by Crippen LogP contribution is 2.20. The van der Waals surface area contributed by atoms with Crippen molar-refractivity contribution in [3.05, 3.63) is 46.2 Å². The Labute approximate surface area is 113 Å². The van der Waals surface area contributed by atoms with Gasteiger partial charge in [-0.05, 0) is 44.5 Å². The van der Waals surface area contributed by atoms with Gasteiger partial charge in [-0.3, -0.25) is 4.68 Å². The summed E-state index contributed by atoms with van der Waals surface area (Å²) in [4.78, 5) is 0. The molecule has 2 aromatic rings. The van der Waals surface area contributed by atoms with Crippen LogP contribution in [0.1, 0.15) is 23.9 Å². The lowest BCUT2D eigenvalue weighted by atomic mass is 10.2. The third kappa shape index (κ3) is 2.85. The summed E-state index contributed by atoms with van der Waals surface area (Å²) in [5.74, 6) is 0. The Balaban J connectivity index is 2.13. The number of nitrogens with zero attached hydrogens (tertiary/aromatic N) is 2. The molecule has 1 aromatic carbocycles. The number of anilines is 1. The lowest BCUT2D eigenvalue weighted by molar-refractivity contribution is 0.623. The highest BCUT2D eigenvalue weighted by atomic mass is 35.5. The van der Waals surface area contributed by atoms with E-state index in [0.29, 0.717) is 0 Å². The van der Waals surface area contributed by atoms with E-state index in [0.717, 1.165) is 29.5 Å². The van der Waals surface area contributed by atoms with Gasteiger partial charge < -0.3 is 5.32 Å². The third-order valence-corrected chi connectivity index (χ3v) is 3.18. The monoisotopic (exact) mass is 263 g/mol. The van der Waals surface area contributed by atoms with Crippen molar-refractivity contribution in [2.45, 2.75) is 33.9 Å². The summed E-state index contributed by atoms with van der Waals surface area (Å²) in [6, 6.07) is 7.99. The molecule has 2 rings (SSSR count). The van der Waals surface area contributed by atoms with E-state index in [1.165, 1.54) is 11.3 Å². The molecule has 96 valence electrons. The van der Waals surface area contributed by atoms with Crippen LogP contribution in [0.25, 0.3) is 0 Å². The number of hydrogen-bond acceptors (Lipinski definition) is 2. The van der Waals surface area contributed by atoms with Crippen LogP contribution in [0.3, 0.4) is 0 Å². The van der Waals surface area contributed by atoms with Crippen LogP contribution < -0.4 is 5.32 Å². The molecule has 0 saturated carbocycles. The molecule has 0 amide bonds. The average Bonchev–Trinajstić information content (AvgIpc) is 2.71. The van der Waals surface area contributed by atoms with Crippen LogP contribution in [-0.4, -0.2) is 9.78 Å². The molecule has 0 unspecified atom stereocenters. The molecule has 0 radical (unpaired) electrons. The number of benzene rings is 1. The van der Waals surface area contributed by atoms with Crippen molar-refractivity contribution in [3.63, 3.8) is 0 Å². The summed E-state index contributed by atoms with van der Waals surface area (Å²) in [5.41, 5.74) is 4.51. The number of rotatable bonds is 4. The molecule has 0 atom stereocenters. The minimum atomic E-state index is 0.753. The van der Waals surface area contributed by atoms with Gasteiger partial charge in [-0.2, -0.15) is 5.10 Å². The summed E-state index contributed by atoms with van der Waals surface area (Å²) >= 11 is 6.00. The van der Waals surface area contributed by atoms with Crippen LogP contribution in [0.4, 0.5) is 5.69 Å². The molecular weight excluding hydrogens is 246 g/mol. The van der Waals surface area contributed by atoms with Gasteiger partial charge in [0.1, 0.15) is 0 Å². The van der Waals surface area contributed by atoms with Gasteiger partial charge in [0.05, 0.1) is 17.9 Å². The van der Waals surface area contributed by atoms with Crippen LogP contribution in [0, 0.1) is 13.8 Å². The van der Waals surface area contributed by atoms with E-state index in [4.69, 9.17) is 11.6 Å². The SMILES string of the molecule is CCn1nc(C)cc1CNc1cc(Cl)ccc1C. The van der Waals surface area contributed by atoms with Crippen molar-refractivity contribution in [2.24, 2.45) is 0 Å². The summed E-state index contributed by atoms with van der Waals surface area (Å²) in [5, 5.41) is 8.60. The van der Waals surface area contributed by atoms with E-state index < -0.39 is 0 Å². The van der Waals surface area contributed by atoms with E-state index >= 15 is 0 Å². The largest absolute Gasteiger partial charge is 0.379 e. The van der Waals surface area contributed by atoms with E-state index in [2.05, 4.69) is 30.3 Å². The smallest absolute Gasteiger partial charge is 0.0597 e. The molecule has 0 fully saturated rings. The highest BCUT2D eigenvalue weighted by Gasteiger charge is 2.05. The van der Waals surface area contributed by atoms with Crippen molar-refractivity contribution < 1.29 is 0 Å². The molecule has 0 aliphatic rings. The quantitative estimate of drug-likeness (QED) is 0.910. The molecule has 0 saturated heterocycles. The van der Waals surface area contributed by atoms with E-state index in [-0.39, 0.29) is 0 Å². The van der Waals surface area contributed by atoms with Gasteiger partial charge in [0.2, 0.25) is 0 Å². The molecule has 0 aliphatic carbocycles. The van der Waals surface area contributed by atoms with Crippen molar-refractivity contribution in [1.82, 2.24) is 9.78 Å². The molecule has 1 heterocycles. The second kappa shape index (κ2) is 5.44. The number of aryl methyl sites for hydroxylation is 3. The summed E-state index contributed by atoms with van der Waals surface area (Å²) in [6.07, 6.45) is 0. The lowest BCUT2D eigenvalue weighted by Gasteiger charge is -2.10. The predicted octanol–water partition coefficient (Wildman–Crippen LogP) is 3.79. The molecule has 4 heteroatoms. The average molecular weight is 264 g/mol. The first kappa shape index (κ1) is 13.0. The van der Waals surface area contributed by atoms with Crippen molar-refractivity contribution in [2.75, 3.05) is 5.32 Å². The first-order valence-electron chi connectivity index (χ1n) is 6.13. The number of halogens is 1. The molecule has 1 aromatic heterocycles. The van der Waals surface area contributed by atoms with Crippen molar-refractivity contribution >= 4 is 17.3 Å². The highest BCUT2D eigenvalue weighted by molar-refractivity contribution is 6.30. The lowest BCUT2D eigenvalue weighted by Crippen LogP contribution is -2.08. The summed E-state index contributed by atoms with van der Waals surface area (Å²) < 4.78 is 2.02. The molecular formula is C14H18ClN3. The van der Waals surface area contributed by atoms with Gasteiger partial charge in [0.15, 0.2) is 0 Å². The Hall–Kier alpha value is -1.48. The maximum Gasteiger partial charge on any atom is 0.0597 e. The molecule has 0 bridgehead atoms. The maximum atomic E-state index is 6.00. The zero-order valence-corrected chi connectivity index (χ0v) is 11.8. The summed E-state index contributed by atoms with van der Waals surface area (Å²) in [6.45, 7) is 7.83. The maximum absolute atomic E-state index is 6.00. The Bertz CT molecular complexity index is 546. The van der Waals surface area contributed by atoms with Crippen molar-refractivity contribution in [1.29, 1.82) is 0 Å². The second-order valence-electron chi connectivity index (χ2n) is 4.41. The number of aromatic nitrogens is 2. The topological polar surface area (TPSA) is 29.9 Å². The fraction of sp³-hybridized carbons (Fsp3) is 0.357. The zero-order valence-electron chi connectivity index (χ0n) is 11.0. The van der Waals surface area contributed by atoms with Crippen LogP contribution in [-0.2, 0) is 13.1 Å². The molecule has 18 heavy (non-hydrogen) atoms. The molecule has 0 spiro atoms. The second-order valence-corrected chi connectivity index (χ2v) is 4.84. The summed E-state index contributed by atoms with van der Waals surface area (Å²) in [7, 11) is 0. The van der Waals surface area contributed by atoms with E-state index in [9.17, 15) is 0 Å². The van der Waals surface area contributed by atoms with Gasteiger partial charge in [0.25, 0.3) is 0 Å². The van der Waals surface area contributed by atoms with E-state index in [1.807, 2.05) is 29.8 Å². The first-order valence-corrected chi connectivity index (χ1v) is 6.51. The minimum absolute atomic E-state index is 0.753. The van der Waals surface area contributed by atoms with Crippen molar-refractivity contribution in [3.8, 4) is 0 Å². The van der Waals surface area contributed by atoms with Gasteiger partial charge in [-0.25, -0.2) is 0 Å². The molecule has 1 N–H and O–H groups in total. The number of nitrogens with one attached hydrogen (secondary N) is 1. The first-order chi connectivity index (χ1) is 8.60. The van der Waals surface area contributed by atoms with Crippen LogP contribution in [0.15, 0.2) is 24.3 Å².